The summed E-state index contributed by atoms with van der Waals surface area (Å²) in [6.07, 6.45) is 0.878. The lowest BCUT2D eigenvalue weighted by atomic mass is 10.2. The van der Waals surface area contributed by atoms with Gasteiger partial charge in [0.2, 0.25) is 5.91 Å². The second-order valence-corrected chi connectivity index (χ2v) is 8.93. The first-order valence-corrected chi connectivity index (χ1v) is 11.3. The summed E-state index contributed by atoms with van der Waals surface area (Å²) >= 11 is 2.80. The van der Waals surface area contributed by atoms with Crippen LogP contribution in [0.15, 0.2) is 46.3 Å². The number of ether oxygens (including phenoxy) is 1. The van der Waals surface area contributed by atoms with Gasteiger partial charge in [-0.05, 0) is 25.0 Å². The van der Waals surface area contributed by atoms with Gasteiger partial charge in [-0.1, -0.05) is 49.0 Å². The summed E-state index contributed by atoms with van der Waals surface area (Å²) in [6, 6.07) is 11.9. The maximum atomic E-state index is 13.2. The van der Waals surface area contributed by atoms with Crippen molar-refractivity contribution >= 4 is 39.2 Å². The molecule has 0 aliphatic rings. The topological polar surface area (TPSA) is 73.2 Å². The predicted octanol–water partition coefficient (Wildman–Crippen LogP) is 3.78. The minimum atomic E-state index is -0.353. The summed E-state index contributed by atoms with van der Waals surface area (Å²) in [4.78, 5) is 31.9. The van der Waals surface area contributed by atoms with Gasteiger partial charge >= 0.3 is 0 Å². The van der Waals surface area contributed by atoms with Gasteiger partial charge in [-0.25, -0.2) is 4.98 Å². The molecule has 8 heteroatoms. The molecule has 6 nitrogen and oxygen atoms in total. The first-order chi connectivity index (χ1) is 14.0. The van der Waals surface area contributed by atoms with Crippen LogP contribution in [0.4, 0.5) is 0 Å². The predicted molar refractivity (Wildman–Crippen MR) is 120 cm³/mol. The molecule has 0 fully saturated rings. The van der Waals surface area contributed by atoms with Crippen molar-refractivity contribution in [1.82, 2.24) is 14.9 Å². The zero-order valence-corrected chi connectivity index (χ0v) is 18.4. The van der Waals surface area contributed by atoms with E-state index in [1.165, 1.54) is 23.1 Å². The van der Waals surface area contributed by atoms with Crippen LogP contribution in [0.1, 0.15) is 20.3 Å². The number of rotatable bonds is 9. The molecule has 0 bridgehead atoms. The maximum Gasteiger partial charge on any atom is 0.263 e. The summed E-state index contributed by atoms with van der Waals surface area (Å²) < 4.78 is 6.79. The van der Waals surface area contributed by atoms with Crippen molar-refractivity contribution in [2.45, 2.75) is 37.2 Å². The molecule has 2 aromatic heterocycles. The van der Waals surface area contributed by atoms with E-state index in [9.17, 15) is 9.59 Å². The quantitative estimate of drug-likeness (QED) is 0.412. The number of methoxy groups -OCH3 is 1. The first-order valence-electron chi connectivity index (χ1n) is 9.58. The summed E-state index contributed by atoms with van der Waals surface area (Å²) in [6.45, 7) is 5.26. The molecule has 29 heavy (non-hydrogen) atoms. The smallest absolute Gasteiger partial charge is 0.263 e. The maximum absolute atomic E-state index is 13.2. The Kier molecular flexibility index (Phi) is 7.46. The number of carbonyl (C=O) groups excluding carboxylic acids is 1. The van der Waals surface area contributed by atoms with Crippen molar-refractivity contribution in [3.63, 3.8) is 0 Å². The molecule has 0 saturated heterocycles. The lowest BCUT2D eigenvalue weighted by molar-refractivity contribution is -0.120. The third kappa shape index (κ3) is 5.07. The van der Waals surface area contributed by atoms with E-state index in [2.05, 4.69) is 5.32 Å². The Bertz CT molecular complexity index is 1030. The Labute approximate surface area is 178 Å². The molecule has 2 heterocycles. The molecule has 0 spiro atoms. The lowest BCUT2D eigenvalue weighted by Crippen LogP contribution is -2.32. The summed E-state index contributed by atoms with van der Waals surface area (Å²) in [7, 11) is 1.60. The number of hydrogen-bond donors (Lipinski definition) is 1. The lowest BCUT2D eigenvalue weighted by Gasteiger charge is -2.15. The van der Waals surface area contributed by atoms with E-state index in [1.54, 1.807) is 11.7 Å². The minimum absolute atomic E-state index is 0.0550. The Morgan fingerprint density at radius 2 is 2.10 bits per heavy atom. The van der Waals surface area contributed by atoms with Crippen molar-refractivity contribution in [3.05, 3.63) is 46.8 Å². The number of benzene rings is 1. The van der Waals surface area contributed by atoms with E-state index in [4.69, 9.17) is 9.72 Å². The van der Waals surface area contributed by atoms with Crippen LogP contribution in [0.2, 0.25) is 0 Å². The van der Waals surface area contributed by atoms with Gasteiger partial charge in [0, 0.05) is 18.5 Å². The highest BCUT2D eigenvalue weighted by atomic mass is 32.2. The average molecular weight is 432 g/mol. The number of nitrogens with one attached hydrogen (secondary N) is 1. The number of fused-ring (bicyclic) bond motifs is 1. The number of aromatic nitrogens is 2. The Balaban J connectivity index is 2.00. The fourth-order valence-corrected chi connectivity index (χ4v) is 4.85. The van der Waals surface area contributed by atoms with Crippen LogP contribution in [0.25, 0.3) is 20.7 Å². The summed E-state index contributed by atoms with van der Waals surface area (Å²) in [5.74, 6) is -0.0550. The molecular weight excluding hydrogens is 406 g/mol. The third-order valence-electron chi connectivity index (χ3n) is 4.39. The van der Waals surface area contributed by atoms with E-state index in [-0.39, 0.29) is 16.7 Å². The van der Waals surface area contributed by atoms with Crippen LogP contribution in [-0.4, -0.2) is 41.0 Å². The largest absolute Gasteiger partial charge is 0.383 e. The van der Waals surface area contributed by atoms with Crippen molar-refractivity contribution in [1.29, 1.82) is 0 Å². The zero-order chi connectivity index (χ0) is 20.8. The van der Waals surface area contributed by atoms with Gasteiger partial charge in [-0.15, -0.1) is 11.3 Å². The first kappa shape index (κ1) is 21.5. The zero-order valence-electron chi connectivity index (χ0n) is 16.8. The SMILES string of the molecule is CCCNC(=O)[C@H](C)Sc1nc2sc(-c3ccccc3)cc2c(=O)n1CCOC. The molecular formula is C21H25N3O3S2. The highest BCUT2D eigenvalue weighted by molar-refractivity contribution is 8.00. The minimum Gasteiger partial charge on any atom is -0.383 e. The van der Waals surface area contributed by atoms with E-state index >= 15 is 0 Å². The van der Waals surface area contributed by atoms with Gasteiger partial charge in [-0.2, -0.15) is 0 Å². The monoisotopic (exact) mass is 431 g/mol. The Morgan fingerprint density at radius 3 is 2.79 bits per heavy atom. The van der Waals surface area contributed by atoms with Crippen molar-refractivity contribution < 1.29 is 9.53 Å². The Morgan fingerprint density at radius 1 is 1.34 bits per heavy atom. The van der Waals surface area contributed by atoms with Crippen LogP contribution in [0, 0.1) is 0 Å². The molecule has 0 unspecified atom stereocenters. The molecule has 0 saturated carbocycles. The molecule has 1 amide bonds. The fraction of sp³-hybridized carbons (Fsp3) is 0.381. The Hall–Kier alpha value is -2.16. The third-order valence-corrected chi connectivity index (χ3v) is 6.56. The van der Waals surface area contributed by atoms with Gasteiger partial charge in [0.1, 0.15) is 4.83 Å². The van der Waals surface area contributed by atoms with E-state index < -0.39 is 0 Å². The molecule has 1 N–H and O–H groups in total. The molecule has 1 aromatic carbocycles. The summed E-state index contributed by atoms with van der Waals surface area (Å²) in [5.41, 5.74) is 0.953. The number of carbonyl (C=O) groups is 1. The van der Waals surface area contributed by atoms with E-state index in [0.29, 0.717) is 35.1 Å². The molecule has 1 atom stereocenters. The van der Waals surface area contributed by atoms with Gasteiger partial charge < -0.3 is 10.1 Å². The molecule has 0 aliphatic carbocycles. The van der Waals surface area contributed by atoms with Crippen LogP contribution >= 0.6 is 23.1 Å². The van der Waals surface area contributed by atoms with Gasteiger partial charge in [-0.3, -0.25) is 14.2 Å². The summed E-state index contributed by atoms with van der Waals surface area (Å²) in [5, 5.41) is 3.68. The standard InChI is InChI=1S/C21H25N3O3S2/c1-4-10-22-18(25)14(2)28-21-23-19-16(20(26)24(21)11-12-27-3)13-17(29-19)15-8-6-5-7-9-15/h5-9,13-14H,4,10-12H2,1-3H3,(H,22,25)/t14-/m0/s1. The van der Waals surface area contributed by atoms with Gasteiger partial charge in [0.25, 0.3) is 5.56 Å². The highest BCUT2D eigenvalue weighted by Crippen LogP contribution is 2.32. The van der Waals surface area contributed by atoms with E-state index in [1.807, 2.05) is 50.2 Å². The normalized spacial score (nSPS) is 12.2. The van der Waals surface area contributed by atoms with Crippen LogP contribution in [0.5, 0.6) is 0 Å². The number of thiophene rings is 1. The molecule has 0 aliphatic heterocycles. The number of thioether (sulfide) groups is 1. The number of amides is 1. The van der Waals surface area contributed by atoms with Crippen molar-refractivity contribution in [2.75, 3.05) is 20.3 Å². The van der Waals surface area contributed by atoms with Gasteiger partial charge in [0.05, 0.1) is 23.8 Å². The van der Waals surface area contributed by atoms with Crippen molar-refractivity contribution in [2.24, 2.45) is 0 Å². The van der Waals surface area contributed by atoms with Crippen LogP contribution < -0.4 is 10.9 Å². The van der Waals surface area contributed by atoms with Gasteiger partial charge in [0.15, 0.2) is 5.16 Å². The number of hydrogen-bond acceptors (Lipinski definition) is 6. The molecule has 154 valence electrons. The van der Waals surface area contributed by atoms with Crippen molar-refractivity contribution in [3.8, 4) is 10.4 Å². The average Bonchev–Trinajstić information content (AvgIpc) is 3.16. The highest BCUT2D eigenvalue weighted by Gasteiger charge is 2.20. The fourth-order valence-electron chi connectivity index (χ4n) is 2.82. The second kappa shape index (κ2) is 10.0. The van der Waals surface area contributed by atoms with Crippen LogP contribution in [-0.2, 0) is 16.1 Å². The molecule has 3 aromatic rings. The molecule has 0 radical (unpaired) electrons. The molecule has 3 rings (SSSR count). The number of nitrogens with zero attached hydrogens (tertiary/aromatic N) is 2. The van der Waals surface area contributed by atoms with E-state index in [0.717, 1.165) is 16.9 Å². The second-order valence-electron chi connectivity index (χ2n) is 6.59. The van der Waals surface area contributed by atoms with Crippen LogP contribution in [0.3, 0.4) is 0 Å².